The fraction of sp³-hybridized carbons (Fsp3) is 0.600. The minimum atomic E-state index is -0.428. The van der Waals surface area contributed by atoms with Crippen molar-refractivity contribution in [1.82, 2.24) is 9.97 Å². The van der Waals surface area contributed by atoms with Gasteiger partial charge in [-0.05, 0) is 39.2 Å². The number of rotatable bonds is 5. The summed E-state index contributed by atoms with van der Waals surface area (Å²) >= 11 is 1.68. The SMILES string of the molecule is CCOC(CC)(CC)c1nc(N)c2c(C)c(C)sc2n1. The highest BCUT2D eigenvalue weighted by molar-refractivity contribution is 7.18. The number of aryl methyl sites for hydroxylation is 2. The van der Waals surface area contributed by atoms with Gasteiger partial charge in [-0.1, -0.05) is 13.8 Å². The average molecular weight is 293 g/mol. The lowest BCUT2D eigenvalue weighted by molar-refractivity contribution is -0.0567. The second-order valence-electron chi connectivity index (χ2n) is 5.03. The number of anilines is 1. The third kappa shape index (κ3) is 2.29. The zero-order chi connectivity index (χ0) is 14.9. The molecule has 110 valence electrons. The van der Waals surface area contributed by atoms with E-state index < -0.39 is 5.60 Å². The Morgan fingerprint density at radius 2 is 1.80 bits per heavy atom. The Hall–Kier alpha value is -1.20. The van der Waals surface area contributed by atoms with E-state index in [-0.39, 0.29) is 0 Å². The van der Waals surface area contributed by atoms with E-state index in [4.69, 9.17) is 15.5 Å². The van der Waals surface area contributed by atoms with Crippen LogP contribution in [0.2, 0.25) is 0 Å². The minimum absolute atomic E-state index is 0.428. The Bertz CT molecular complexity index is 617. The Morgan fingerprint density at radius 3 is 2.35 bits per heavy atom. The molecule has 20 heavy (non-hydrogen) atoms. The lowest BCUT2D eigenvalue weighted by atomic mass is 9.95. The van der Waals surface area contributed by atoms with Crippen molar-refractivity contribution in [2.24, 2.45) is 0 Å². The normalized spacial score (nSPS) is 12.2. The Morgan fingerprint density at radius 1 is 1.15 bits per heavy atom. The van der Waals surface area contributed by atoms with Crippen molar-refractivity contribution in [3.8, 4) is 0 Å². The number of fused-ring (bicyclic) bond motifs is 1. The van der Waals surface area contributed by atoms with Crippen LogP contribution >= 0.6 is 11.3 Å². The highest BCUT2D eigenvalue weighted by atomic mass is 32.1. The summed E-state index contributed by atoms with van der Waals surface area (Å²) in [6.45, 7) is 11.0. The first-order chi connectivity index (χ1) is 9.49. The van der Waals surface area contributed by atoms with Crippen LogP contribution in [-0.4, -0.2) is 16.6 Å². The first kappa shape index (κ1) is 15.2. The van der Waals surface area contributed by atoms with Crippen LogP contribution in [0.25, 0.3) is 10.2 Å². The van der Waals surface area contributed by atoms with Crippen molar-refractivity contribution in [3.05, 3.63) is 16.3 Å². The van der Waals surface area contributed by atoms with Gasteiger partial charge in [-0.25, -0.2) is 9.97 Å². The molecule has 2 rings (SSSR count). The summed E-state index contributed by atoms with van der Waals surface area (Å²) < 4.78 is 5.98. The van der Waals surface area contributed by atoms with Gasteiger partial charge in [0.2, 0.25) is 0 Å². The van der Waals surface area contributed by atoms with Crippen LogP contribution in [0.3, 0.4) is 0 Å². The first-order valence-electron chi connectivity index (χ1n) is 7.16. The number of aromatic nitrogens is 2. The summed E-state index contributed by atoms with van der Waals surface area (Å²) in [4.78, 5) is 11.5. The molecule has 2 aromatic rings. The van der Waals surface area contributed by atoms with Crippen molar-refractivity contribution < 1.29 is 4.74 Å². The van der Waals surface area contributed by atoms with Crippen LogP contribution < -0.4 is 5.73 Å². The number of nitrogen functional groups attached to an aromatic ring is 1. The zero-order valence-electron chi connectivity index (χ0n) is 12.9. The van der Waals surface area contributed by atoms with E-state index in [1.165, 1.54) is 10.4 Å². The van der Waals surface area contributed by atoms with E-state index in [2.05, 4.69) is 32.7 Å². The molecule has 0 saturated carbocycles. The molecule has 2 N–H and O–H groups in total. The molecule has 0 unspecified atom stereocenters. The van der Waals surface area contributed by atoms with E-state index in [9.17, 15) is 0 Å². The standard InChI is InChI=1S/C15H23N3OS/c1-6-15(7-2,19-8-3)14-17-12(16)11-9(4)10(5)20-13(11)18-14/h6-8H2,1-5H3,(H2,16,17,18). The third-order valence-electron chi connectivity index (χ3n) is 4.03. The van der Waals surface area contributed by atoms with Crippen molar-refractivity contribution in [2.45, 2.75) is 53.1 Å². The molecule has 0 spiro atoms. The molecule has 2 heterocycles. The summed E-state index contributed by atoms with van der Waals surface area (Å²) in [5.74, 6) is 1.29. The molecule has 0 amide bonds. The fourth-order valence-corrected chi connectivity index (χ4v) is 3.63. The van der Waals surface area contributed by atoms with Gasteiger partial charge >= 0.3 is 0 Å². The van der Waals surface area contributed by atoms with Gasteiger partial charge in [0.25, 0.3) is 0 Å². The van der Waals surface area contributed by atoms with Crippen LogP contribution in [0.4, 0.5) is 5.82 Å². The maximum Gasteiger partial charge on any atom is 0.164 e. The Kier molecular flexibility index (Phi) is 4.30. The molecule has 4 nitrogen and oxygen atoms in total. The van der Waals surface area contributed by atoms with E-state index in [1.807, 2.05) is 6.92 Å². The molecule has 0 aliphatic rings. The van der Waals surface area contributed by atoms with Gasteiger partial charge in [0.05, 0.1) is 5.39 Å². The van der Waals surface area contributed by atoms with E-state index in [0.717, 1.165) is 28.9 Å². The van der Waals surface area contributed by atoms with E-state index >= 15 is 0 Å². The minimum Gasteiger partial charge on any atom is -0.383 e. The monoisotopic (exact) mass is 293 g/mol. The molecule has 0 saturated heterocycles. The summed E-state index contributed by atoms with van der Waals surface area (Å²) in [6, 6.07) is 0. The molecule has 0 bridgehead atoms. The van der Waals surface area contributed by atoms with Crippen molar-refractivity contribution in [2.75, 3.05) is 12.3 Å². The van der Waals surface area contributed by atoms with Gasteiger partial charge in [0.15, 0.2) is 5.82 Å². The predicted octanol–water partition coefficient (Wildman–Crippen LogP) is 3.94. The van der Waals surface area contributed by atoms with Crippen LogP contribution in [0, 0.1) is 13.8 Å². The summed E-state index contributed by atoms with van der Waals surface area (Å²) in [5, 5.41) is 0.994. The number of thiophene rings is 1. The molecule has 5 heteroatoms. The van der Waals surface area contributed by atoms with Crippen molar-refractivity contribution in [1.29, 1.82) is 0 Å². The molecule has 0 radical (unpaired) electrons. The smallest absolute Gasteiger partial charge is 0.164 e. The molecule has 0 aromatic carbocycles. The molecular weight excluding hydrogens is 270 g/mol. The third-order valence-corrected chi connectivity index (χ3v) is 5.13. The van der Waals surface area contributed by atoms with Gasteiger partial charge in [0, 0.05) is 11.5 Å². The largest absolute Gasteiger partial charge is 0.383 e. The topological polar surface area (TPSA) is 61.0 Å². The predicted molar refractivity (Wildman–Crippen MR) is 85.2 cm³/mol. The van der Waals surface area contributed by atoms with Crippen molar-refractivity contribution in [3.63, 3.8) is 0 Å². The number of ether oxygens (including phenoxy) is 1. The van der Waals surface area contributed by atoms with Gasteiger partial charge in [-0.3, -0.25) is 0 Å². The average Bonchev–Trinajstić information content (AvgIpc) is 2.72. The van der Waals surface area contributed by atoms with E-state index in [0.29, 0.717) is 12.4 Å². The maximum absolute atomic E-state index is 6.17. The summed E-state index contributed by atoms with van der Waals surface area (Å²) in [7, 11) is 0. The van der Waals surface area contributed by atoms with Gasteiger partial charge in [-0.2, -0.15) is 0 Å². The molecule has 0 atom stereocenters. The zero-order valence-corrected chi connectivity index (χ0v) is 13.7. The second-order valence-corrected chi connectivity index (χ2v) is 6.23. The molecule has 0 fully saturated rings. The van der Waals surface area contributed by atoms with Crippen LogP contribution in [0.1, 0.15) is 49.9 Å². The quantitative estimate of drug-likeness (QED) is 0.907. The molecule has 0 aliphatic heterocycles. The van der Waals surface area contributed by atoms with E-state index in [1.54, 1.807) is 11.3 Å². The number of nitrogens with two attached hydrogens (primary N) is 1. The van der Waals surface area contributed by atoms with Gasteiger partial charge in [0.1, 0.15) is 16.2 Å². The summed E-state index contributed by atoms with van der Waals surface area (Å²) in [5.41, 5.74) is 6.93. The molecule has 0 aliphatic carbocycles. The highest BCUT2D eigenvalue weighted by Gasteiger charge is 2.33. The fourth-order valence-electron chi connectivity index (χ4n) is 2.60. The number of hydrogen-bond acceptors (Lipinski definition) is 5. The lowest BCUT2D eigenvalue weighted by Crippen LogP contribution is -2.31. The summed E-state index contributed by atoms with van der Waals surface area (Å²) in [6.07, 6.45) is 1.68. The van der Waals surface area contributed by atoms with Crippen LogP contribution in [-0.2, 0) is 10.3 Å². The molecular formula is C15H23N3OS. The Labute approximate surface area is 124 Å². The van der Waals surface area contributed by atoms with Crippen LogP contribution in [0.5, 0.6) is 0 Å². The maximum atomic E-state index is 6.17. The first-order valence-corrected chi connectivity index (χ1v) is 7.98. The number of nitrogens with zero attached hydrogens (tertiary/aromatic N) is 2. The highest BCUT2D eigenvalue weighted by Crippen LogP contribution is 2.36. The molecule has 2 aromatic heterocycles. The number of hydrogen-bond donors (Lipinski definition) is 1. The van der Waals surface area contributed by atoms with Gasteiger partial charge in [-0.15, -0.1) is 11.3 Å². The second kappa shape index (κ2) is 5.66. The van der Waals surface area contributed by atoms with Crippen molar-refractivity contribution >= 4 is 27.4 Å². The lowest BCUT2D eigenvalue weighted by Gasteiger charge is -2.30. The van der Waals surface area contributed by atoms with Crippen LogP contribution in [0.15, 0.2) is 0 Å². The van der Waals surface area contributed by atoms with Gasteiger partial charge < -0.3 is 10.5 Å². The Balaban J connectivity index is 2.66.